The minimum absolute atomic E-state index is 0.0681. The molecular formula is C24H24BrNO5S. The molecule has 3 rings (SSSR count). The van der Waals surface area contributed by atoms with Gasteiger partial charge in [0.2, 0.25) is 0 Å². The van der Waals surface area contributed by atoms with E-state index in [4.69, 9.17) is 13.7 Å². The highest BCUT2D eigenvalue weighted by molar-refractivity contribution is 9.10. The fraction of sp³-hybridized carbons (Fsp3) is 0.208. The van der Waals surface area contributed by atoms with Gasteiger partial charge < -0.3 is 13.7 Å². The summed E-state index contributed by atoms with van der Waals surface area (Å²) in [6.45, 7) is 6.57. The van der Waals surface area contributed by atoms with Crippen molar-refractivity contribution in [1.82, 2.24) is 0 Å². The second-order valence-electron chi connectivity index (χ2n) is 6.80. The Morgan fingerprint density at radius 3 is 2.22 bits per heavy atom. The van der Waals surface area contributed by atoms with Crippen molar-refractivity contribution in [2.24, 2.45) is 4.99 Å². The van der Waals surface area contributed by atoms with E-state index in [-0.39, 0.29) is 10.6 Å². The fourth-order valence-corrected chi connectivity index (χ4v) is 4.42. The normalized spacial score (nSPS) is 11.5. The van der Waals surface area contributed by atoms with Gasteiger partial charge in [-0.1, -0.05) is 17.7 Å². The zero-order valence-electron chi connectivity index (χ0n) is 18.0. The van der Waals surface area contributed by atoms with Crippen molar-refractivity contribution in [1.29, 1.82) is 0 Å². The average Bonchev–Trinajstić information content (AvgIpc) is 2.76. The molecule has 0 aliphatic carbocycles. The molecule has 168 valence electrons. The van der Waals surface area contributed by atoms with E-state index in [1.54, 1.807) is 30.5 Å². The Kier molecular flexibility index (Phi) is 7.93. The van der Waals surface area contributed by atoms with Crippen LogP contribution in [0, 0.1) is 6.92 Å². The average molecular weight is 518 g/mol. The molecule has 8 heteroatoms. The van der Waals surface area contributed by atoms with E-state index in [1.807, 2.05) is 45.0 Å². The monoisotopic (exact) mass is 517 g/mol. The van der Waals surface area contributed by atoms with Crippen molar-refractivity contribution in [3.63, 3.8) is 0 Å². The first kappa shape index (κ1) is 23.8. The zero-order chi connectivity index (χ0) is 23.1. The minimum atomic E-state index is -4.03. The maximum Gasteiger partial charge on any atom is 0.339 e. The summed E-state index contributed by atoms with van der Waals surface area (Å²) >= 11 is 3.41. The molecule has 0 aliphatic heterocycles. The quantitative estimate of drug-likeness (QED) is 0.254. The molecule has 0 aromatic heterocycles. The van der Waals surface area contributed by atoms with Gasteiger partial charge in [-0.05, 0) is 90.8 Å². The van der Waals surface area contributed by atoms with Crippen molar-refractivity contribution in [3.8, 4) is 17.2 Å². The third kappa shape index (κ3) is 6.11. The Bertz CT molecular complexity index is 1190. The van der Waals surface area contributed by atoms with Crippen molar-refractivity contribution >= 4 is 38.0 Å². The predicted molar refractivity (Wildman–Crippen MR) is 129 cm³/mol. The highest BCUT2D eigenvalue weighted by Gasteiger charge is 2.22. The molecule has 0 amide bonds. The molecule has 0 fully saturated rings. The van der Waals surface area contributed by atoms with Gasteiger partial charge >= 0.3 is 10.1 Å². The van der Waals surface area contributed by atoms with Gasteiger partial charge in [-0.15, -0.1) is 0 Å². The van der Waals surface area contributed by atoms with Gasteiger partial charge in [0.05, 0.1) is 23.4 Å². The highest BCUT2D eigenvalue weighted by Crippen LogP contribution is 2.38. The number of aryl methyl sites for hydroxylation is 1. The molecule has 32 heavy (non-hydrogen) atoms. The number of benzene rings is 3. The molecule has 6 nitrogen and oxygen atoms in total. The van der Waals surface area contributed by atoms with Gasteiger partial charge in [-0.25, -0.2) is 0 Å². The molecule has 0 saturated carbocycles. The Balaban J connectivity index is 1.88. The molecule has 3 aromatic carbocycles. The van der Waals surface area contributed by atoms with E-state index in [1.165, 1.54) is 12.1 Å². The molecule has 0 unspecified atom stereocenters. The molecular weight excluding hydrogens is 494 g/mol. The number of hydrogen-bond acceptors (Lipinski definition) is 6. The van der Waals surface area contributed by atoms with Crippen LogP contribution in [0.2, 0.25) is 0 Å². The Hall–Kier alpha value is -2.84. The summed E-state index contributed by atoms with van der Waals surface area (Å²) in [5.74, 6) is 1.17. The Morgan fingerprint density at radius 1 is 0.938 bits per heavy atom. The summed E-state index contributed by atoms with van der Waals surface area (Å²) in [5.41, 5.74) is 2.43. The van der Waals surface area contributed by atoms with Crippen LogP contribution in [0.3, 0.4) is 0 Å². The SMILES string of the molecule is CCOc1ccc(N=Cc2cc(Br)c(OS(=O)(=O)c3ccc(C)cc3)c(OCC)c2)cc1. The third-order valence-corrected chi connectivity index (χ3v) is 6.17. The van der Waals surface area contributed by atoms with Crippen molar-refractivity contribution < 1.29 is 22.1 Å². The zero-order valence-corrected chi connectivity index (χ0v) is 20.4. The van der Waals surface area contributed by atoms with E-state index in [0.717, 1.165) is 17.0 Å². The molecule has 3 aromatic rings. The number of nitrogens with zero attached hydrogens (tertiary/aromatic N) is 1. The molecule has 0 bridgehead atoms. The summed E-state index contributed by atoms with van der Waals surface area (Å²) in [7, 11) is -4.03. The van der Waals surface area contributed by atoms with Gasteiger partial charge in [0, 0.05) is 6.21 Å². The van der Waals surface area contributed by atoms with Crippen LogP contribution >= 0.6 is 15.9 Å². The Morgan fingerprint density at radius 2 is 1.59 bits per heavy atom. The van der Waals surface area contributed by atoms with Crippen LogP contribution in [0.25, 0.3) is 0 Å². The lowest BCUT2D eigenvalue weighted by Gasteiger charge is -2.14. The van der Waals surface area contributed by atoms with Crippen LogP contribution in [0.5, 0.6) is 17.2 Å². The first-order chi connectivity index (χ1) is 15.3. The van der Waals surface area contributed by atoms with Crippen molar-refractivity contribution in [3.05, 3.63) is 76.3 Å². The van der Waals surface area contributed by atoms with Gasteiger partial charge in [0.1, 0.15) is 10.6 Å². The largest absolute Gasteiger partial charge is 0.494 e. The molecule has 0 radical (unpaired) electrons. The van der Waals surface area contributed by atoms with Crippen LogP contribution in [-0.2, 0) is 10.1 Å². The molecule has 0 atom stereocenters. The van der Waals surface area contributed by atoms with Crippen LogP contribution in [-0.4, -0.2) is 27.8 Å². The summed E-state index contributed by atoms with van der Waals surface area (Å²) in [5, 5.41) is 0. The summed E-state index contributed by atoms with van der Waals surface area (Å²) in [6, 6.07) is 17.3. The lowest BCUT2D eigenvalue weighted by molar-refractivity contribution is 0.327. The molecule has 0 aliphatic rings. The summed E-state index contributed by atoms with van der Waals surface area (Å²) in [6.07, 6.45) is 1.67. The van der Waals surface area contributed by atoms with Crippen molar-refractivity contribution in [2.45, 2.75) is 25.7 Å². The second-order valence-corrected chi connectivity index (χ2v) is 9.20. The van der Waals surface area contributed by atoms with Gasteiger partial charge in [0.15, 0.2) is 11.5 Å². The van der Waals surface area contributed by atoms with E-state index < -0.39 is 10.1 Å². The molecule has 0 saturated heterocycles. The smallest absolute Gasteiger partial charge is 0.339 e. The maximum absolute atomic E-state index is 12.8. The number of hydrogen-bond donors (Lipinski definition) is 0. The van der Waals surface area contributed by atoms with Gasteiger partial charge in [-0.3, -0.25) is 4.99 Å². The molecule has 0 heterocycles. The van der Waals surface area contributed by atoms with Gasteiger partial charge in [-0.2, -0.15) is 8.42 Å². The Labute approximate surface area is 197 Å². The lowest BCUT2D eigenvalue weighted by atomic mass is 10.2. The highest BCUT2D eigenvalue weighted by atomic mass is 79.9. The summed E-state index contributed by atoms with van der Waals surface area (Å²) < 4.78 is 42.5. The first-order valence-electron chi connectivity index (χ1n) is 10.1. The van der Waals surface area contributed by atoms with Crippen LogP contribution in [0.4, 0.5) is 5.69 Å². The number of ether oxygens (including phenoxy) is 2. The van der Waals surface area contributed by atoms with E-state index in [9.17, 15) is 8.42 Å². The van der Waals surface area contributed by atoms with E-state index in [2.05, 4.69) is 20.9 Å². The van der Waals surface area contributed by atoms with E-state index >= 15 is 0 Å². The minimum Gasteiger partial charge on any atom is -0.494 e. The first-order valence-corrected chi connectivity index (χ1v) is 12.3. The second kappa shape index (κ2) is 10.7. The van der Waals surface area contributed by atoms with E-state index in [0.29, 0.717) is 29.0 Å². The predicted octanol–water partition coefficient (Wildman–Crippen LogP) is 6.07. The fourth-order valence-electron chi connectivity index (χ4n) is 2.81. The molecule has 0 N–H and O–H groups in total. The van der Waals surface area contributed by atoms with Crippen LogP contribution in [0.1, 0.15) is 25.0 Å². The lowest BCUT2D eigenvalue weighted by Crippen LogP contribution is -2.11. The number of aliphatic imine (C=N–C) groups is 1. The van der Waals surface area contributed by atoms with Crippen molar-refractivity contribution in [2.75, 3.05) is 13.2 Å². The molecule has 0 spiro atoms. The maximum atomic E-state index is 12.8. The number of rotatable bonds is 9. The standard InChI is InChI=1S/C24H24BrNO5S/c1-4-29-20-10-8-19(9-11-20)26-16-18-14-22(25)24(23(15-18)30-5-2)31-32(27,28)21-12-6-17(3)7-13-21/h6-16H,4-5H2,1-3H3. The van der Waals surface area contributed by atoms with Crippen LogP contribution < -0.4 is 13.7 Å². The third-order valence-electron chi connectivity index (χ3n) is 4.34. The van der Waals surface area contributed by atoms with Crippen LogP contribution in [0.15, 0.2) is 75.0 Å². The van der Waals surface area contributed by atoms with Gasteiger partial charge in [0.25, 0.3) is 0 Å². The number of halogens is 1. The summed E-state index contributed by atoms with van der Waals surface area (Å²) in [4.78, 5) is 4.53. The topological polar surface area (TPSA) is 74.2 Å².